The number of fused-ring (bicyclic) bond motifs is 4. The quantitative estimate of drug-likeness (QED) is 0.627. The maximum atomic E-state index is 12.3. The third-order valence-corrected chi connectivity index (χ3v) is 6.83. The summed E-state index contributed by atoms with van der Waals surface area (Å²) in [7, 11) is 0. The lowest BCUT2D eigenvalue weighted by atomic mass is 9.98. The third kappa shape index (κ3) is 3.56. The molecule has 4 nitrogen and oxygen atoms in total. The van der Waals surface area contributed by atoms with Gasteiger partial charge in [0.25, 0.3) is 0 Å². The van der Waals surface area contributed by atoms with Crippen LogP contribution in [0, 0.1) is 0 Å². The Morgan fingerprint density at radius 3 is 2.55 bits per heavy atom. The molecular weight excluding hydrogens is 382 g/mol. The molecular formula is C24H23NO3S. The van der Waals surface area contributed by atoms with Gasteiger partial charge < -0.3 is 14.8 Å². The topological polar surface area (TPSA) is 47.6 Å². The van der Waals surface area contributed by atoms with Crippen LogP contribution in [-0.2, 0) is 15.9 Å². The van der Waals surface area contributed by atoms with Crippen LogP contribution >= 0.6 is 11.3 Å². The summed E-state index contributed by atoms with van der Waals surface area (Å²) in [5.74, 6) is 0.0866. The number of carbonyl (C=O) groups excluding carboxylic acids is 1. The Kier molecular flexibility index (Phi) is 5.08. The van der Waals surface area contributed by atoms with Gasteiger partial charge in [0, 0.05) is 17.3 Å². The van der Waals surface area contributed by atoms with Crippen molar-refractivity contribution in [3.63, 3.8) is 0 Å². The van der Waals surface area contributed by atoms with E-state index in [-0.39, 0.29) is 18.1 Å². The lowest BCUT2D eigenvalue weighted by Crippen LogP contribution is -2.28. The fraction of sp³-hybridized carbons (Fsp3) is 0.292. The van der Waals surface area contributed by atoms with E-state index in [0.717, 1.165) is 19.4 Å². The van der Waals surface area contributed by atoms with Crippen LogP contribution in [0.3, 0.4) is 0 Å². The lowest BCUT2D eigenvalue weighted by Gasteiger charge is -2.23. The minimum atomic E-state index is -0.367. The number of amides is 1. The van der Waals surface area contributed by atoms with Crippen molar-refractivity contribution in [2.24, 2.45) is 0 Å². The molecule has 0 fully saturated rings. The number of hydrogen-bond acceptors (Lipinski definition) is 4. The first-order valence-electron chi connectivity index (χ1n) is 10.1. The van der Waals surface area contributed by atoms with Crippen LogP contribution in [0.4, 0.5) is 4.79 Å². The summed E-state index contributed by atoms with van der Waals surface area (Å²) in [4.78, 5) is 13.6. The van der Waals surface area contributed by atoms with Gasteiger partial charge in [-0.25, -0.2) is 4.79 Å². The zero-order chi connectivity index (χ0) is 19.6. The molecule has 1 amide bonds. The van der Waals surface area contributed by atoms with E-state index in [4.69, 9.17) is 9.47 Å². The lowest BCUT2D eigenvalue weighted by molar-refractivity contribution is 0.0395. The fourth-order valence-electron chi connectivity index (χ4n) is 4.39. The summed E-state index contributed by atoms with van der Waals surface area (Å²) in [5, 5.41) is 5.00. The van der Waals surface area contributed by atoms with E-state index in [1.807, 2.05) is 12.1 Å². The highest BCUT2D eigenvalue weighted by atomic mass is 32.1. The summed E-state index contributed by atoms with van der Waals surface area (Å²) in [6.45, 7) is 1.63. The van der Waals surface area contributed by atoms with Gasteiger partial charge in [-0.1, -0.05) is 48.5 Å². The van der Waals surface area contributed by atoms with Gasteiger partial charge in [-0.15, -0.1) is 11.3 Å². The zero-order valence-corrected chi connectivity index (χ0v) is 16.9. The Bertz CT molecular complexity index is 983. The van der Waals surface area contributed by atoms with Crippen molar-refractivity contribution in [3.05, 3.63) is 81.5 Å². The van der Waals surface area contributed by atoms with Crippen molar-refractivity contribution in [2.45, 2.75) is 24.9 Å². The van der Waals surface area contributed by atoms with E-state index in [1.165, 1.54) is 32.7 Å². The van der Waals surface area contributed by atoms with E-state index in [2.05, 4.69) is 53.2 Å². The molecule has 148 valence electrons. The van der Waals surface area contributed by atoms with Gasteiger partial charge in [-0.3, -0.25) is 0 Å². The van der Waals surface area contributed by atoms with E-state index in [0.29, 0.717) is 13.2 Å². The Morgan fingerprint density at radius 2 is 1.79 bits per heavy atom. The Balaban J connectivity index is 1.17. The van der Waals surface area contributed by atoms with Crippen molar-refractivity contribution >= 4 is 17.4 Å². The predicted octanol–water partition coefficient (Wildman–Crippen LogP) is 5.29. The van der Waals surface area contributed by atoms with Gasteiger partial charge in [0.05, 0.1) is 12.7 Å². The highest BCUT2D eigenvalue weighted by Gasteiger charge is 2.29. The average Bonchev–Trinajstić information content (AvgIpc) is 3.36. The van der Waals surface area contributed by atoms with Crippen LogP contribution in [0.2, 0.25) is 0 Å². The van der Waals surface area contributed by atoms with E-state index in [9.17, 15) is 4.79 Å². The Hall–Kier alpha value is -2.63. The van der Waals surface area contributed by atoms with E-state index >= 15 is 0 Å². The van der Waals surface area contributed by atoms with Crippen LogP contribution in [0.15, 0.2) is 60.0 Å². The van der Waals surface area contributed by atoms with Gasteiger partial charge in [0.15, 0.2) is 0 Å². The number of alkyl carbamates (subject to hydrolysis) is 1. The molecule has 5 rings (SSSR count). The van der Waals surface area contributed by atoms with Gasteiger partial charge >= 0.3 is 6.09 Å². The molecule has 1 aliphatic carbocycles. The molecule has 29 heavy (non-hydrogen) atoms. The standard InChI is InChI=1S/C24H23NO3S/c26-24(25-12-9-22-23-16(10-13-27-22)11-14-29-23)28-15-21-19-7-3-1-5-17(19)18-6-2-4-8-20(18)21/h1-8,11,14,21-22H,9-10,12-13,15H2,(H,25,26)/t22-/m1/s1. The van der Waals surface area contributed by atoms with E-state index < -0.39 is 0 Å². The predicted molar refractivity (Wildman–Crippen MR) is 114 cm³/mol. The molecule has 5 heteroatoms. The number of rotatable bonds is 5. The summed E-state index contributed by atoms with van der Waals surface area (Å²) in [6, 6.07) is 18.9. The molecule has 1 aliphatic heterocycles. The molecule has 1 atom stereocenters. The Labute approximate surface area is 174 Å². The van der Waals surface area contributed by atoms with E-state index in [1.54, 1.807) is 11.3 Å². The Morgan fingerprint density at radius 1 is 1.07 bits per heavy atom. The molecule has 2 aliphatic rings. The molecule has 2 aromatic carbocycles. The average molecular weight is 406 g/mol. The summed E-state index contributed by atoms with van der Waals surface area (Å²) >= 11 is 1.74. The van der Waals surface area contributed by atoms with Crippen LogP contribution in [0.25, 0.3) is 11.1 Å². The number of ether oxygens (including phenoxy) is 2. The first-order valence-corrected chi connectivity index (χ1v) is 11.0. The minimum Gasteiger partial charge on any atom is -0.449 e. The van der Waals surface area contributed by atoms with Crippen molar-refractivity contribution < 1.29 is 14.3 Å². The van der Waals surface area contributed by atoms with Gasteiger partial charge in [-0.05, 0) is 52.1 Å². The minimum absolute atomic E-state index is 0.0765. The second kappa shape index (κ2) is 8.01. The number of carbonyl (C=O) groups is 1. The number of thiophene rings is 1. The summed E-state index contributed by atoms with van der Waals surface area (Å²) < 4.78 is 11.5. The van der Waals surface area contributed by atoms with Crippen LogP contribution < -0.4 is 5.32 Å². The molecule has 1 aromatic heterocycles. The molecule has 1 N–H and O–H groups in total. The second-order valence-corrected chi connectivity index (χ2v) is 8.41. The fourth-order valence-corrected chi connectivity index (χ4v) is 5.43. The molecule has 0 saturated heterocycles. The smallest absolute Gasteiger partial charge is 0.407 e. The highest BCUT2D eigenvalue weighted by Crippen LogP contribution is 2.44. The maximum Gasteiger partial charge on any atom is 0.407 e. The maximum absolute atomic E-state index is 12.3. The molecule has 0 radical (unpaired) electrons. The number of benzene rings is 2. The molecule has 0 saturated carbocycles. The van der Waals surface area contributed by atoms with Crippen LogP contribution in [0.5, 0.6) is 0 Å². The van der Waals surface area contributed by atoms with Crippen molar-refractivity contribution in [1.29, 1.82) is 0 Å². The van der Waals surface area contributed by atoms with Crippen LogP contribution in [0.1, 0.15) is 40.0 Å². The second-order valence-electron chi connectivity index (χ2n) is 7.46. The summed E-state index contributed by atoms with van der Waals surface area (Å²) in [5.41, 5.74) is 6.30. The molecule has 3 aromatic rings. The number of nitrogens with one attached hydrogen (secondary N) is 1. The normalized spacial score (nSPS) is 17.3. The highest BCUT2D eigenvalue weighted by molar-refractivity contribution is 7.10. The van der Waals surface area contributed by atoms with Gasteiger partial charge in [0.2, 0.25) is 0 Å². The molecule has 0 bridgehead atoms. The summed E-state index contributed by atoms with van der Waals surface area (Å²) in [6.07, 6.45) is 1.45. The SMILES string of the molecule is O=C(NCC[C@H]1OCCc2ccsc21)OCC1c2ccccc2-c2ccccc21. The van der Waals surface area contributed by atoms with Crippen molar-refractivity contribution in [2.75, 3.05) is 19.8 Å². The van der Waals surface area contributed by atoms with Gasteiger partial charge in [-0.2, -0.15) is 0 Å². The van der Waals surface area contributed by atoms with Gasteiger partial charge in [0.1, 0.15) is 6.61 Å². The molecule has 2 heterocycles. The molecule has 0 spiro atoms. The number of hydrogen-bond donors (Lipinski definition) is 1. The zero-order valence-electron chi connectivity index (χ0n) is 16.1. The first-order chi connectivity index (χ1) is 14.3. The largest absolute Gasteiger partial charge is 0.449 e. The molecule has 0 unspecified atom stereocenters. The van der Waals surface area contributed by atoms with Crippen molar-refractivity contribution in [1.82, 2.24) is 5.32 Å². The third-order valence-electron chi connectivity index (χ3n) is 5.78. The van der Waals surface area contributed by atoms with Crippen molar-refractivity contribution in [3.8, 4) is 11.1 Å². The van der Waals surface area contributed by atoms with Crippen LogP contribution in [-0.4, -0.2) is 25.9 Å². The first kappa shape index (κ1) is 18.4. The monoisotopic (exact) mass is 405 g/mol.